The minimum atomic E-state index is -4.62. The van der Waals surface area contributed by atoms with E-state index < -0.39 is 16.4 Å². The quantitative estimate of drug-likeness (QED) is 0.638. The summed E-state index contributed by atoms with van der Waals surface area (Å²) in [4.78, 5) is 10.5. The molecule has 0 rings (SSSR count). The minimum Gasteiger partial charge on any atom is -0.325 e. The first-order chi connectivity index (χ1) is 4.81. The predicted molar refractivity (Wildman–Crippen MR) is 37.1 cm³/mol. The van der Waals surface area contributed by atoms with Gasteiger partial charge in [0.2, 0.25) is 0 Å². The highest BCUT2D eigenvalue weighted by molar-refractivity contribution is 7.81. The van der Waals surface area contributed by atoms with Crippen LogP contribution >= 0.6 is 0 Å². The molecular weight excluding hydrogens is 172 g/mol. The van der Waals surface area contributed by atoms with Crippen LogP contribution in [-0.4, -0.2) is 18.9 Å². The van der Waals surface area contributed by atoms with Crippen molar-refractivity contribution in [2.24, 2.45) is 5.92 Å². The molecule has 0 aliphatic rings. The maximum Gasteiger partial charge on any atom is 0.448 e. The summed E-state index contributed by atoms with van der Waals surface area (Å²) in [5, 5.41) is 0. The molecule has 0 aromatic carbocycles. The molecular formula is C5H10O5S. The van der Waals surface area contributed by atoms with Gasteiger partial charge in [-0.1, -0.05) is 13.8 Å². The first-order valence-corrected chi connectivity index (χ1v) is 4.37. The predicted octanol–water partition coefficient (Wildman–Crippen LogP) is 0.379. The van der Waals surface area contributed by atoms with Crippen LogP contribution in [0.4, 0.5) is 0 Å². The zero-order chi connectivity index (χ0) is 9.07. The summed E-state index contributed by atoms with van der Waals surface area (Å²) in [7, 11) is -4.62. The van der Waals surface area contributed by atoms with Gasteiger partial charge in [-0.15, -0.1) is 0 Å². The van der Waals surface area contributed by atoms with Crippen LogP contribution in [0.1, 0.15) is 20.3 Å². The van der Waals surface area contributed by atoms with Crippen LogP contribution in [0.3, 0.4) is 0 Å². The van der Waals surface area contributed by atoms with Gasteiger partial charge in [0.25, 0.3) is 0 Å². The summed E-state index contributed by atoms with van der Waals surface area (Å²) in [6.45, 7) is 3.45. The number of rotatable bonds is 3. The van der Waals surface area contributed by atoms with Gasteiger partial charge < -0.3 is 4.18 Å². The molecule has 0 amide bonds. The lowest BCUT2D eigenvalue weighted by Crippen LogP contribution is -2.13. The second kappa shape index (κ2) is 3.68. The fourth-order valence-corrected chi connectivity index (χ4v) is 0.788. The SMILES string of the molecule is CC(C)CC(=O)OS(=O)(=O)O. The molecule has 0 bridgehead atoms. The van der Waals surface area contributed by atoms with E-state index in [1.54, 1.807) is 13.8 Å². The van der Waals surface area contributed by atoms with Crippen LogP contribution < -0.4 is 0 Å². The van der Waals surface area contributed by atoms with Crippen LogP contribution in [0.5, 0.6) is 0 Å². The largest absolute Gasteiger partial charge is 0.448 e. The van der Waals surface area contributed by atoms with Crippen molar-refractivity contribution in [2.75, 3.05) is 0 Å². The van der Waals surface area contributed by atoms with Crippen LogP contribution in [0.15, 0.2) is 0 Å². The Morgan fingerprint density at radius 3 is 2.27 bits per heavy atom. The number of hydrogen-bond donors (Lipinski definition) is 1. The van der Waals surface area contributed by atoms with Crippen molar-refractivity contribution < 1.29 is 21.9 Å². The van der Waals surface area contributed by atoms with Gasteiger partial charge in [-0.3, -0.25) is 9.35 Å². The highest BCUT2D eigenvalue weighted by atomic mass is 32.3. The van der Waals surface area contributed by atoms with Crippen molar-refractivity contribution in [1.29, 1.82) is 0 Å². The molecule has 0 aromatic rings. The average Bonchev–Trinajstić information content (AvgIpc) is 1.53. The van der Waals surface area contributed by atoms with Crippen LogP contribution in [-0.2, 0) is 19.4 Å². The smallest absolute Gasteiger partial charge is 0.325 e. The maximum atomic E-state index is 10.5. The summed E-state index contributed by atoms with van der Waals surface area (Å²) in [5.41, 5.74) is 0. The number of carbonyl (C=O) groups excluding carboxylic acids is 1. The van der Waals surface area contributed by atoms with Crippen molar-refractivity contribution in [2.45, 2.75) is 20.3 Å². The molecule has 0 saturated carbocycles. The molecule has 0 aliphatic carbocycles. The van der Waals surface area contributed by atoms with E-state index in [4.69, 9.17) is 4.55 Å². The summed E-state index contributed by atoms with van der Waals surface area (Å²) < 4.78 is 31.5. The third-order valence-corrected chi connectivity index (χ3v) is 1.17. The topological polar surface area (TPSA) is 80.7 Å². The lowest BCUT2D eigenvalue weighted by molar-refractivity contribution is -0.135. The zero-order valence-corrected chi connectivity index (χ0v) is 7.09. The summed E-state index contributed by atoms with van der Waals surface area (Å²) in [6.07, 6.45) is -0.0280. The third kappa shape index (κ3) is 7.27. The minimum absolute atomic E-state index is 0.00394. The van der Waals surface area contributed by atoms with E-state index in [0.717, 1.165) is 0 Å². The third-order valence-electron chi connectivity index (χ3n) is 0.773. The Kier molecular flexibility index (Phi) is 3.47. The number of carbonyl (C=O) groups is 1. The Balaban J connectivity index is 3.91. The summed E-state index contributed by atoms with van der Waals surface area (Å²) in [5.74, 6) is -0.938. The molecule has 66 valence electrons. The van der Waals surface area contributed by atoms with Gasteiger partial charge in [-0.05, 0) is 5.92 Å². The molecule has 0 spiro atoms. The Bertz CT molecular complexity index is 227. The first kappa shape index (κ1) is 10.4. The van der Waals surface area contributed by atoms with Crippen molar-refractivity contribution in [3.8, 4) is 0 Å². The molecule has 0 unspecified atom stereocenters. The van der Waals surface area contributed by atoms with Gasteiger partial charge in [-0.2, -0.15) is 8.42 Å². The average molecular weight is 182 g/mol. The van der Waals surface area contributed by atoms with Crippen LogP contribution in [0.2, 0.25) is 0 Å². The molecule has 1 N–H and O–H groups in total. The molecule has 0 atom stereocenters. The second-order valence-corrected chi connectivity index (χ2v) is 3.50. The van der Waals surface area contributed by atoms with E-state index >= 15 is 0 Å². The van der Waals surface area contributed by atoms with Gasteiger partial charge in [0.15, 0.2) is 0 Å². The van der Waals surface area contributed by atoms with Gasteiger partial charge in [0.05, 0.1) is 0 Å². The normalized spacial score (nSPS) is 11.6. The Morgan fingerprint density at radius 1 is 1.55 bits per heavy atom. The fourth-order valence-electron chi connectivity index (χ4n) is 0.485. The van der Waals surface area contributed by atoms with Crippen molar-refractivity contribution in [1.82, 2.24) is 0 Å². The Morgan fingerprint density at radius 2 is 2.00 bits per heavy atom. The van der Waals surface area contributed by atoms with Crippen LogP contribution in [0.25, 0.3) is 0 Å². The van der Waals surface area contributed by atoms with E-state index in [-0.39, 0.29) is 12.3 Å². The molecule has 0 heterocycles. The molecule has 11 heavy (non-hydrogen) atoms. The van der Waals surface area contributed by atoms with Gasteiger partial charge in [-0.25, -0.2) is 0 Å². The van der Waals surface area contributed by atoms with E-state index in [1.165, 1.54) is 0 Å². The molecule has 5 nitrogen and oxygen atoms in total. The zero-order valence-electron chi connectivity index (χ0n) is 6.27. The van der Waals surface area contributed by atoms with Crippen LogP contribution in [0, 0.1) is 5.92 Å². The maximum absolute atomic E-state index is 10.5. The molecule has 6 heteroatoms. The van der Waals surface area contributed by atoms with E-state index in [2.05, 4.69) is 4.18 Å². The molecule has 0 fully saturated rings. The summed E-state index contributed by atoms with van der Waals surface area (Å²) in [6, 6.07) is 0. The molecule has 0 aliphatic heterocycles. The number of hydrogen-bond acceptors (Lipinski definition) is 4. The van der Waals surface area contributed by atoms with Gasteiger partial charge >= 0.3 is 16.4 Å². The van der Waals surface area contributed by atoms with Crippen molar-refractivity contribution in [3.05, 3.63) is 0 Å². The molecule has 0 aromatic heterocycles. The monoisotopic (exact) mass is 182 g/mol. The summed E-state index contributed by atoms with van der Waals surface area (Å²) >= 11 is 0. The highest BCUT2D eigenvalue weighted by Crippen LogP contribution is 2.02. The standard InChI is InChI=1S/C5H10O5S/c1-4(2)3-5(6)10-11(7,8)9/h4H,3H2,1-2H3,(H,7,8,9). The van der Waals surface area contributed by atoms with Crippen molar-refractivity contribution in [3.63, 3.8) is 0 Å². The lowest BCUT2D eigenvalue weighted by Gasteiger charge is -2.01. The lowest BCUT2D eigenvalue weighted by atomic mass is 10.1. The second-order valence-electron chi connectivity index (χ2n) is 2.48. The van der Waals surface area contributed by atoms with Crippen molar-refractivity contribution >= 4 is 16.4 Å². The fraction of sp³-hybridized carbons (Fsp3) is 0.800. The van der Waals surface area contributed by atoms with Gasteiger partial charge in [0, 0.05) is 6.42 Å². The highest BCUT2D eigenvalue weighted by Gasteiger charge is 2.13. The van der Waals surface area contributed by atoms with E-state index in [9.17, 15) is 13.2 Å². The molecule has 0 radical (unpaired) electrons. The molecule has 0 saturated heterocycles. The Hall–Kier alpha value is -0.620. The van der Waals surface area contributed by atoms with E-state index in [0.29, 0.717) is 0 Å². The first-order valence-electron chi connectivity index (χ1n) is 3.01. The Labute approximate surface area is 65.3 Å². The van der Waals surface area contributed by atoms with Gasteiger partial charge in [0.1, 0.15) is 0 Å². The van der Waals surface area contributed by atoms with E-state index in [1.807, 2.05) is 0 Å².